The van der Waals surface area contributed by atoms with Crippen molar-refractivity contribution < 1.29 is 9.90 Å². The molecule has 1 atom stereocenters. The van der Waals surface area contributed by atoms with E-state index in [-0.39, 0.29) is 11.3 Å². The third kappa shape index (κ3) is 3.47. The van der Waals surface area contributed by atoms with Gasteiger partial charge in [0.2, 0.25) is 5.91 Å². The fraction of sp³-hybridized carbons (Fsp3) is 0.409. The molecule has 1 amide bonds. The minimum Gasteiger partial charge on any atom is -0.508 e. The quantitative estimate of drug-likeness (QED) is 0.905. The molecule has 2 aliphatic heterocycles. The van der Waals surface area contributed by atoms with Crippen LogP contribution in [0.15, 0.2) is 48.5 Å². The van der Waals surface area contributed by atoms with Crippen LogP contribution in [0.3, 0.4) is 0 Å². The van der Waals surface area contributed by atoms with Gasteiger partial charge in [0, 0.05) is 38.5 Å². The van der Waals surface area contributed by atoms with E-state index in [4.69, 9.17) is 0 Å². The van der Waals surface area contributed by atoms with Crippen molar-refractivity contribution in [3.05, 3.63) is 65.2 Å². The van der Waals surface area contributed by atoms with Crippen molar-refractivity contribution in [2.24, 2.45) is 5.41 Å². The highest BCUT2D eigenvalue weighted by Crippen LogP contribution is 2.39. The molecule has 1 fully saturated rings. The summed E-state index contributed by atoms with van der Waals surface area (Å²) in [7, 11) is 0. The number of phenolic OH excluding ortho intramolecular Hbond substituents is 1. The summed E-state index contributed by atoms with van der Waals surface area (Å²) in [6.45, 7) is 6.20. The van der Waals surface area contributed by atoms with Crippen LogP contribution in [0.4, 0.5) is 0 Å². The number of hydrogen-bond acceptors (Lipinski definition) is 3. The van der Waals surface area contributed by atoms with Crippen molar-refractivity contribution in [1.82, 2.24) is 9.80 Å². The first kappa shape index (κ1) is 17.1. The van der Waals surface area contributed by atoms with Crippen LogP contribution in [0, 0.1) is 5.41 Å². The number of carbonyl (C=O) groups excluding carboxylic acids is 1. The Bertz CT molecular complexity index is 802. The van der Waals surface area contributed by atoms with Crippen molar-refractivity contribution >= 4 is 5.91 Å². The fourth-order valence-corrected chi connectivity index (χ4v) is 4.53. The Morgan fingerprint density at radius 1 is 1.08 bits per heavy atom. The van der Waals surface area contributed by atoms with Gasteiger partial charge in [-0.25, -0.2) is 0 Å². The van der Waals surface area contributed by atoms with Crippen LogP contribution in [-0.2, 0) is 24.3 Å². The molecule has 26 heavy (non-hydrogen) atoms. The van der Waals surface area contributed by atoms with E-state index >= 15 is 0 Å². The summed E-state index contributed by atoms with van der Waals surface area (Å²) < 4.78 is 0. The number of carbonyl (C=O) groups is 1. The summed E-state index contributed by atoms with van der Waals surface area (Å²) in [6, 6.07) is 16.0. The number of amides is 1. The Balaban J connectivity index is 1.55. The number of fused-ring (bicyclic) bond motifs is 1. The topological polar surface area (TPSA) is 43.8 Å². The van der Waals surface area contributed by atoms with Crippen molar-refractivity contribution in [2.45, 2.75) is 32.9 Å². The molecule has 1 spiro atoms. The van der Waals surface area contributed by atoms with E-state index in [2.05, 4.69) is 29.2 Å². The van der Waals surface area contributed by atoms with Crippen LogP contribution >= 0.6 is 0 Å². The number of aromatic hydroxyl groups is 1. The third-order valence-corrected chi connectivity index (χ3v) is 5.88. The van der Waals surface area contributed by atoms with Gasteiger partial charge >= 0.3 is 0 Å². The van der Waals surface area contributed by atoms with Gasteiger partial charge in [0.1, 0.15) is 5.75 Å². The van der Waals surface area contributed by atoms with Gasteiger partial charge < -0.3 is 10.0 Å². The zero-order valence-electron chi connectivity index (χ0n) is 15.3. The molecule has 2 aromatic carbocycles. The summed E-state index contributed by atoms with van der Waals surface area (Å²) >= 11 is 0. The van der Waals surface area contributed by atoms with Gasteiger partial charge in [0.15, 0.2) is 0 Å². The lowest BCUT2D eigenvalue weighted by Gasteiger charge is -2.32. The van der Waals surface area contributed by atoms with Crippen LogP contribution < -0.4 is 0 Å². The Morgan fingerprint density at radius 3 is 2.54 bits per heavy atom. The molecule has 4 heteroatoms. The fourth-order valence-electron chi connectivity index (χ4n) is 4.53. The van der Waals surface area contributed by atoms with Crippen molar-refractivity contribution in [3.8, 4) is 5.75 Å². The standard InChI is InChI=1S/C22H26N2O2/c1-17(25)24-14-20-5-3-2-4-19(20)12-22(16-24)10-11-23(15-22)13-18-6-8-21(26)9-7-18/h2-9,26H,10-16H2,1H3. The number of rotatable bonds is 2. The van der Waals surface area contributed by atoms with Gasteiger partial charge in [0.25, 0.3) is 0 Å². The van der Waals surface area contributed by atoms with Gasteiger partial charge in [0.05, 0.1) is 0 Å². The van der Waals surface area contributed by atoms with Crippen molar-refractivity contribution in [1.29, 1.82) is 0 Å². The highest BCUT2D eigenvalue weighted by Gasteiger charge is 2.42. The molecule has 0 aromatic heterocycles. The molecular formula is C22H26N2O2. The van der Waals surface area contributed by atoms with Gasteiger partial charge in [-0.15, -0.1) is 0 Å². The first-order valence-corrected chi connectivity index (χ1v) is 9.36. The second-order valence-electron chi connectivity index (χ2n) is 7.95. The maximum absolute atomic E-state index is 12.2. The van der Waals surface area contributed by atoms with Crippen LogP contribution in [0.2, 0.25) is 0 Å². The molecule has 0 bridgehead atoms. The van der Waals surface area contributed by atoms with E-state index < -0.39 is 0 Å². The first-order valence-electron chi connectivity index (χ1n) is 9.36. The maximum atomic E-state index is 12.2. The molecule has 0 radical (unpaired) electrons. The summed E-state index contributed by atoms with van der Waals surface area (Å²) in [4.78, 5) is 16.7. The van der Waals surface area contributed by atoms with E-state index in [9.17, 15) is 9.90 Å². The maximum Gasteiger partial charge on any atom is 0.219 e. The number of nitrogens with zero attached hydrogens (tertiary/aromatic N) is 2. The molecule has 1 N–H and O–H groups in total. The van der Waals surface area contributed by atoms with E-state index in [1.807, 2.05) is 17.0 Å². The van der Waals surface area contributed by atoms with Crippen LogP contribution in [0.1, 0.15) is 30.0 Å². The monoisotopic (exact) mass is 350 g/mol. The molecule has 4 nitrogen and oxygen atoms in total. The minimum atomic E-state index is 0.134. The first-order chi connectivity index (χ1) is 12.5. The SMILES string of the molecule is CC(=O)N1Cc2ccccc2CC2(CCN(Cc3ccc(O)cc3)C2)C1. The average Bonchev–Trinajstić information content (AvgIpc) is 2.91. The lowest BCUT2D eigenvalue weighted by molar-refractivity contribution is -0.130. The second-order valence-corrected chi connectivity index (χ2v) is 7.95. The van der Waals surface area contributed by atoms with Crippen molar-refractivity contribution in [3.63, 3.8) is 0 Å². The van der Waals surface area contributed by atoms with Crippen LogP contribution in [-0.4, -0.2) is 40.4 Å². The van der Waals surface area contributed by atoms with E-state index in [0.29, 0.717) is 5.75 Å². The van der Waals surface area contributed by atoms with Crippen molar-refractivity contribution in [2.75, 3.05) is 19.6 Å². The lowest BCUT2D eigenvalue weighted by Crippen LogP contribution is -2.41. The van der Waals surface area contributed by atoms with E-state index in [1.165, 1.54) is 16.7 Å². The number of phenols is 1. The molecule has 1 unspecified atom stereocenters. The lowest BCUT2D eigenvalue weighted by atomic mass is 9.80. The second kappa shape index (κ2) is 6.76. The predicted octanol–water partition coefficient (Wildman–Crippen LogP) is 3.19. The summed E-state index contributed by atoms with van der Waals surface area (Å²) in [6.07, 6.45) is 2.15. The third-order valence-electron chi connectivity index (χ3n) is 5.88. The Labute approximate surface area is 155 Å². The molecule has 4 rings (SSSR count). The summed E-state index contributed by atoms with van der Waals surface area (Å²) in [5, 5.41) is 9.47. The molecule has 2 aliphatic rings. The van der Waals surface area contributed by atoms with E-state index in [0.717, 1.165) is 45.6 Å². The predicted molar refractivity (Wildman–Crippen MR) is 102 cm³/mol. The Kier molecular flexibility index (Phi) is 4.45. The summed E-state index contributed by atoms with van der Waals surface area (Å²) in [5.74, 6) is 0.474. The Hall–Kier alpha value is -2.33. The van der Waals surface area contributed by atoms with Gasteiger partial charge in [-0.1, -0.05) is 36.4 Å². The Morgan fingerprint density at radius 2 is 1.81 bits per heavy atom. The molecular weight excluding hydrogens is 324 g/mol. The largest absolute Gasteiger partial charge is 0.508 e. The van der Waals surface area contributed by atoms with Gasteiger partial charge in [-0.05, 0) is 48.2 Å². The number of benzene rings is 2. The van der Waals surface area contributed by atoms with Crippen LogP contribution in [0.5, 0.6) is 5.75 Å². The smallest absolute Gasteiger partial charge is 0.219 e. The molecule has 2 heterocycles. The normalized spacial score (nSPS) is 23.0. The molecule has 136 valence electrons. The van der Waals surface area contributed by atoms with E-state index in [1.54, 1.807) is 19.1 Å². The van der Waals surface area contributed by atoms with Gasteiger partial charge in [-0.2, -0.15) is 0 Å². The van der Waals surface area contributed by atoms with Gasteiger partial charge in [-0.3, -0.25) is 9.69 Å². The molecule has 0 aliphatic carbocycles. The number of hydrogen-bond donors (Lipinski definition) is 1. The highest BCUT2D eigenvalue weighted by atomic mass is 16.3. The number of likely N-dealkylation sites (tertiary alicyclic amines) is 1. The van der Waals surface area contributed by atoms with Crippen LogP contribution in [0.25, 0.3) is 0 Å². The summed E-state index contributed by atoms with van der Waals surface area (Å²) in [5.41, 5.74) is 4.03. The zero-order valence-corrected chi connectivity index (χ0v) is 15.3. The molecule has 1 saturated heterocycles. The minimum absolute atomic E-state index is 0.134. The molecule has 0 saturated carbocycles. The highest BCUT2D eigenvalue weighted by molar-refractivity contribution is 5.73. The molecule has 2 aromatic rings. The average molecular weight is 350 g/mol. The zero-order chi connectivity index (χ0) is 18.1.